The minimum atomic E-state index is -0.474. The Morgan fingerprint density at radius 1 is 1.12 bits per heavy atom. The van der Waals surface area contributed by atoms with Crippen LogP contribution in [-0.2, 0) is 4.74 Å². The predicted octanol–water partition coefficient (Wildman–Crippen LogP) is 5.57. The second-order valence-corrected chi connectivity index (χ2v) is 8.53. The molecule has 2 fully saturated rings. The maximum atomic E-state index is 12.5. The standard InChI is InChI=1S/C20H32N2O3/c1-20(2,3)24-19(23)22-13-9-12-17(22)16-14-18(25-21-16)15-10-7-5-4-6-8-11-15/h14-15,17H,4-13H2,1-3H3/t17-/m0/s1. The van der Waals surface area contributed by atoms with E-state index >= 15 is 0 Å². The third-order valence-corrected chi connectivity index (χ3v) is 5.28. The van der Waals surface area contributed by atoms with E-state index in [9.17, 15) is 4.79 Å². The van der Waals surface area contributed by atoms with Gasteiger partial charge in [-0.05, 0) is 46.5 Å². The van der Waals surface area contributed by atoms with E-state index in [0.717, 1.165) is 30.8 Å². The molecule has 25 heavy (non-hydrogen) atoms. The van der Waals surface area contributed by atoms with Crippen LogP contribution >= 0.6 is 0 Å². The summed E-state index contributed by atoms with van der Waals surface area (Å²) >= 11 is 0. The summed E-state index contributed by atoms with van der Waals surface area (Å²) in [6, 6.07) is 2.08. The van der Waals surface area contributed by atoms with Crippen LogP contribution in [0.15, 0.2) is 10.6 Å². The molecule has 0 aromatic carbocycles. The SMILES string of the molecule is CC(C)(C)OC(=O)N1CCC[C@H]1c1cc(C2CCCCCCC2)on1. The fraction of sp³-hybridized carbons (Fsp3) is 0.800. The molecule has 1 aliphatic carbocycles. The van der Waals surface area contributed by atoms with Gasteiger partial charge in [0.05, 0.1) is 6.04 Å². The lowest BCUT2D eigenvalue weighted by molar-refractivity contribution is 0.0219. The van der Waals surface area contributed by atoms with Gasteiger partial charge in [0.25, 0.3) is 0 Å². The average molecular weight is 348 g/mol. The first kappa shape index (κ1) is 18.3. The van der Waals surface area contributed by atoms with Crippen molar-refractivity contribution in [1.29, 1.82) is 0 Å². The third kappa shape index (κ3) is 4.77. The van der Waals surface area contributed by atoms with Crippen molar-refractivity contribution in [3.05, 3.63) is 17.5 Å². The molecule has 1 saturated carbocycles. The summed E-state index contributed by atoms with van der Waals surface area (Å²) in [5, 5.41) is 4.33. The summed E-state index contributed by atoms with van der Waals surface area (Å²) in [5.74, 6) is 1.49. The summed E-state index contributed by atoms with van der Waals surface area (Å²) in [6.07, 6.45) is 10.6. The molecule has 2 aliphatic rings. The maximum absolute atomic E-state index is 12.5. The number of aromatic nitrogens is 1. The summed E-state index contributed by atoms with van der Waals surface area (Å²) < 4.78 is 11.3. The molecule has 0 bridgehead atoms. The number of carbonyl (C=O) groups is 1. The zero-order valence-electron chi connectivity index (χ0n) is 15.9. The third-order valence-electron chi connectivity index (χ3n) is 5.28. The number of ether oxygens (including phenoxy) is 1. The van der Waals surface area contributed by atoms with Gasteiger partial charge in [-0.15, -0.1) is 0 Å². The normalized spacial score (nSPS) is 23.3. The van der Waals surface area contributed by atoms with Crippen LogP contribution in [0.5, 0.6) is 0 Å². The van der Waals surface area contributed by atoms with E-state index in [2.05, 4.69) is 11.2 Å². The molecule has 2 heterocycles. The highest BCUT2D eigenvalue weighted by molar-refractivity contribution is 5.69. The molecule has 1 amide bonds. The monoisotopic (exact) mass is 348 g/mol. The van der Waals surface area contributed by atoms with E-state index in [1.165, 1.54) is 44.9 Å². The molecule has 140 valence electrons. The van der Waals surface area contributed by atoms with Gasteiger partial charge in [-0.2, -0.15) is 0 Å². The molecule has 0 radical (unpaired) electrons. The Labute approximate surface area is 151 Å². The molecule has 1 atom stereocenters. The number of hydrogen-bond donors (Lipinski definition) is 0. The molecule has 5 nitrogen and oxygen atoms in total. The smallest absolute Gasteiger partial charge is 0.410 e. The van der Waals surface area contributed by atoms with E-state index in [0.29, 0.717) is 5.92 Å². The van der Waals surface area contributed by atoms with Crippen molar-refractivity contribution in [2.75, 3.05) is 6.54 Å². The van der Waals surface area contributed by atoms with Gasteiger partial charge in [0.1, 0.15) is 17.1 Å². The Hall–Kier alpha value is -1.52. The van der Waals surface area contributed by atoms with E-state index in [4.69, 9.17) is 9.26 Å². The molecule has 0 N–H and O–H groups in total. The molecule has 1 aromatic rings. The number of rotatable bonds is 2. The van der Waals surface area contributed by atoms with Crippen LogP contribution in [0.25, 0.3) is 0 Å². The van der Waals surface area contributed by atoms with Crippen LogP contribution in [0.4, 0.5) is 4.79 Å². The molecule has 1 aliphatic heterocycles. The van der Waals surface area contributed by atoms with Crippen LogP contribution in [0, 0.1) is 0 Å². The second-order valence-electron chi connectivity index (χ2n) is 8.53. The van der Waals surface area contributed by atoms with Crippen molar-refractivity contribution < 1.29 is 14.1 Å². The van der Waals surface area contributed by atoms with Crippen molar-refractivity contribution in [1.82, 2.24) is 10.1 Å². The summed E-state index contributed by atoms with van der Waals surface area (Å²) in [6.45, 7) is 6.43. The lowest BCUT2D eigenvalue weighted by Gasteiger charge is -2.27. The molecule has 0 spiro atoms. The van der Waals surface area contributed by atoms with Crippen molar-refractivity contribution in [2.24, 2.45) is 0 Å². The number of carbonyl (C=O) groups excluding carboxylic acids is 1. The van der Waals surface area contributed by atoms with Crippen LogP contribution in [0.2, 0.25) is 0 Å². The van der Waals surface area contributed by atoms with Gasteiger partial charge in [-0.25, -0.2) is 4.79 Å². The predicted molar refractivity (Wildman–Crippen MR) is 96.5 cm³/mol. The first-order valence-corrected chi connectivity index (χ1v) is 9.90. The average Bonchev–Trinajstić information content (AvgIpc) is 3.13. The minimum absolute atomic E-state index is 0.0131. The van der Waals surface area contributed by atoms with E-state index in [-0.39, 0.29) is 12.1 Å². The highest BCUT2D eigenvalue weighted by atomic mass is 16.6. The first-order chi connectivity index (χ1) is 11.9. The van der Waals surface area contributed by atoms with E-state index in [1.807, 2.05) is 25.7 Å². The Morgan fingerprint density at radius 3 is 2.48 bits per heavy atom. The van der Waals surface area contributed by atoms with Gasteiger partial charge in [-0.3, -0.25) is 4.90 Å². The fourth-order valence-electron chi connectivity index (χ4n) is 4.01. The summed E-state index contributed by atoms with van der Waals surface area (Å²) in [4.78, 5) is 14.3. The van der Waals surface area contributed by atoms with Gasteiger partial charge in [-0.1, -0.05) is 37.3 Å². The Bertz CT molecular complexity index is 568. The lowest BCUT2D eigenvalue weighted by Crippen LogP contribution is -2.36. The molecular formula is C20H32N2O3. The second kappa shape index (κ2) is 7.79. The van der Waals surface area contributed by atoms with Crippen LogP contribution in [0.3, 0.4) is 0 Å². The van der Waals surface area contributed by atoms with Gasteiger partial charge in [0.2, 0.25) is 0 Å². The van der Waals surface area contributed by atoms with E-state index < -0.39 is 5.60 Å². The summed E-state index contributed by atoms with van der Waals surface area (Å²) in [5.41, 5.74) is 0.415. The van der Waals surface area contributed by atoms with Gasteiger partial charge in [0.15, 0.2) is 0 Å². The van der Waals surface area contributed by atoms with Crippen molar-refractivity contribution in [3.63, 3.8) is 0 Å². The van der Waals surface area contributed by atoms with Crippen molar-refractivity contribution in [3.8, 4) is 0 Å². The minimum Gasteiger partial charge on any atom is -0.444 e. The molecule has 3 rings (SSSR count). The molecule has 1 saturated heterocycles. The molecule has 1 aromatic heterocycles. The summed E-state index contributed by atoms with van der Waals surface area (Å²) in [7, 11) is 0. The number of likely N-dealkylation sites (tertiary alicyclic amines) is 1. The van der Waals surface area contributed by atoms with Gasteiger partial charge >= 0.3 is 6.09 Å². The highest BCUT2D eigenvalue weighted by Crippen LogP contribution is 2.36. The molecular weight excluding hydrogens is 316 g/mol. The lowest BCUT2D eigenvalue weighted by atomic mass is 9.89. The molecule has 0 unspecified atom stereocenters. The maximum Gasteiger partial charge on any atom is 0.410 e. The van der Waals surface area contributed by atoms with Crippen LogP contribution in [0.1, 0.15) is 102 Å². The number of nitrogens with zero attached hydrogens (tertiary/aromatic N) is 2. The van der Waals surface area contributed by atoms with E-state index in [1.54, 1.807) is 0 Å². The van der Waals surface area contributed by atoms with Crippen LogP contribution < -0.4 is 0 Å². The first-order valence-electron chi connectivity index (χ1n) is 9.90. The molecule has 5 heteroatoms. The quantitative estimate of drug-likeness (QED) is 0.700. The van der Waals surface area contributed by atoms with Gasteiger partial charge in [0, 0.05) is 18.5 Å². The van der Waals surface area contributed by atoms with Crippen molar-refractivity contribution in [2.45, 2.75) is 96.1 Å². The number of amides is 1. The zero-order chi connectivity index (χ0) is 17.9. The Balaban J connectivity index is 1.68. The zero-order valence-corrected chi connectivity index (χ0v) is 15.9. The number of hydrogen-bond acceptors (Lipinski definition) is 4. The Kier molecular flexibility index (Phi) is 5.70. The van der Waals surface area contributed by atoms with Gasteiger partial charge < -0.3 is 9.26 Å². The Morgan fingerprint density at radius 2 is 1.80 bits per heavy atom. The topological polar surface area (TPSA) is 55.6 Å². The largest absolute Gasteiger partial charge is 0.444 e. The van der Waals surface area contributed by atoms with Crippen LogP contribution in [-0.4, -0.2) is 28.3 Å². The van der Waals surface area contributed by atoms with Crippen molar-refractivity contribution >= 4 is 6.09 Å². The highest BCUT2D eigenvalue weighted by Gasteiger charge is 2.35. The fourth-order valence-corrected chi connectivity index (χ4v) is 4.01.